The lowest BCUT2D eigenvalue weighted by Crippen LogP contribution is -2.48. The molecular weight excluding hydrogens is 364 g/mol. The molecule has 3 rings (SSSR count). The number of amides is 1. The Morgan fingerprint density at radius 2 is 1.74 bits per heavy atom. The van der Waals surface area contributed by atoms with E-state index in [1.807, 2.05) is 0 Å². The highest BCUT2D eigenvalue weighted by atomic mass is 32.2. The molecule has 1 saturated carbocycles. The summed E-state index contributed by atoms with van der Waals surface area (Å²) in [7, 11) is -3.53. The number of carbonyl (C=O) groups excluding carboxylic acids is 1. The summed E-state index contributed by atoms with van der Waals surface area (Å²) in [6, 6.07) is 8.38. The van der Waals surface area contributed by atoms with E-state index in [1.54, 1.807) is 12.1 Å². The van der Waals surface area contributed by atoms with Crippen LogP contribution in [0.5, 0.6) is 0 Å². The second-order valence-electron chi connectivity index (χ2n) is 7.22. The normalized spacial score (nSPS) is 20.9. The number of nitrogens with zero attached hydrogens (tertiary/aromatic N) is 3. The number of hydrogen-bond acceptors (Lipinski definition) is 5. The Morgan fingerprint density at radius 1 is 1.15 bits per heavy atom. The Labute approximate surface area is 161 Å². The summed E-state index contributed by atoms with van der Waals surface area (Å²) in [5.41, 5.74) is -0.444. The van der Waals surface area contributed by atoms with Gasteiger partial charge in [0.05, 0.1) is 11.0 Å². The standard InChI is InChI=1S/C19H26N4O3S/c1-2-22-11-13-23(14-12-22)27(25,26)17-7-5-16(6-8-17)21-18(24)19(15-20)9-3-4-10-19/h5-8H,2-4,9-14H2,1H3,(H,21,24). The van der Waals surface area contributed by atoms with E-state index in [1.165, 1.54) is 16.4 Å². The minimum atomic E-state index is -3.53. The van der Waals surface area contributed by atoms with Crippen molar-refractivity contribution >= 4 is 21.6 Å². The van der Waals surface area contributed by atoms with Crippen molar-refractivity contribution in [1.82, 2.24) is 9.21 Å². The van der Waals surface area contributed by atoms with Gasteiger partial charge in [0.1, 0.15) is 5.41 Å². The van der Waals surface area contributed by atoms with Crippen molar-refractivity contribution in [3.63, 3.8) is 0 Å². The number of nitriles is 1. The average Bonchev–Trinajstić information content (AvgIpc) is 3.19. The molecule has 0 aromatic heterocycles. The van der Waals surface area contributed by atoms with Gasteiger partial charge >= 0.3 is 0 Å². The lowest BCUT2D eigenvalue weighted by atomic mass is 9.87. The minimum Gasteiger partial charge on any atom is -0.325 e. The van der Waals surface area contributed by atoms with Gasteiger partial charge in [0.25, 0.3) is 0 Å². The minimum absolute atomic E-state index is 0.223. The molecule has 0 spiro atoms. The molecule has 1 N–H and O–H groups in total. The van der Waals surface area contributed by atoms with Crippen molar-refractivity contribution in [3.8, 4) is 6.07 Å². The molecule has 2 fully saturated rings. The van der Waals surface area contributed by atoms with Gasteiger partial charge in [-0.25, -0.2) is 8.42 Å². The largest absolute Gasteiger partial charge is 0.325 e. The molecule has 1 saturated heterocycles. The summed E-state index contributed by atoms with van der Waals surface area (Å²) in [5, 5.41) is 12.2. The Morgan fingerprint density at radius 3 is 2.26 bits per heavy atom. The second kappa shape index (κ2) is 7.97. The summed E-state index contributed by atoms with van der Waals surface area (Å²) in [5.74, 6) is -0.297. The number of benzene rings is 1. The number of carbonyl (C=O) groups is 1. The first-order chi connectivity index (χ1) is 12.9. The lowest BCUT2D eigenvalue weighted by molar-refractivity contribution is -0.122. The van der Waals surface area contributed by atoms with Gasteiger partial charge in [-0.2, -0.15) is 9.57 Å². The molecule has 0 atom stereocenters. The van der Waals surface area contributed by atoms with E-state index < -0.39 is 15.4 Å². The van der Waals surface area contributed by atoms with E-state index in [9.17, 15) is 18.5 Å². The van der Waals surface area contributed by atoms with Crippen LogP contribution in [-0.2, 0) is 14.8 Å². The molecule has 0 radical (unpaired) electrons. The van der Waals surface area contributed by atoms with Gasteiger partial charge in [-0.1, -0.05) is 19.8 Å². The Hall–Kier alpha value is -1.95. The lowest BCUT2D eigenvalue weighted by Gasteiger charge is -2.33. The molecule has 1 amide bonds. The van der Waals surface area contributed by atoms with E-state index in [0.29, 0.717) is 31.6 Å². The van der Waals surface area contributed by atoms with E-state index in [0.717, 1.165) is 32.5 Å². The van der Waals surface area contributed by atoms with E-state index in [-0.39, 0.29) is 10.8 Å². The van der Waals surface area contributed by atoms with E-state index in [2.05, 4.69) is 23.2 Å². The Balaban J connectivity index is 1.68. The molecule has 1 heterocycles. The number of anilines is 1. The van der Waals surface area contributed by atoms with Crippen LogP contribution in [0.15, 0.2) is 29.2 Å². The van der Waals surface area contributed by atoms with E-state index in [4.69, 9.17) is 0 Å². The van der Waals surface area contributed by atoms with Gasteiger partial charge in [0.15, 0.2) is 0 Å². The first-order valence-corrected chi connectivity index (χ1v) is 10.9. The van der Waals surface area contributed by atoms with Crippen LogP contribution in [0.3, 0.4) is 0 Å². The fourth-order valence-corrected chi connectivity index (χ4v) is 5.19. The van der Waals surface area contributed by atoms with Crippen LogP contribution in [0, 0.1) is 16.7 Å². The molecule has 1 aliphatic carbocycles. The van der Waals surface area contributed by atoms with Gasteiger partial charge < -0.3 is 10.2 Å². The molecular formula is C19H26N4O3S. The first kappa shape index (κ1) is 19.8. The number of nitrogens with one attached hydrogen (secondary N) is 1. The SMILES string of the molecule is CCN1CCN(S(=O)(=O)c2ccc(NC(=O)C3(C#N)CCCC3)cc2)CC1. The molecule has 27 heavy (non-hydrogen) atoms. The van der Waals surface area contributed by atoms with Crippen LogP contribution in [-0.4, -0.2) is 56.3 Å². The highest BCUT2D eigenvalue weighted by Gasteiger charge is 2.41. The van der Waals surface area contributed by atoms with Gasteiger partial charge in [-0.15, -0.1) is 0 Å². The molecule has 146 valence electrons. The van der Waals surface area contributed by atoms with Gasteiger partial charge in [0.2, 0.25) is 15.9 Å². The summed E-state index contributed by atoms with van der Waals surface area (Å²) < 4.78 is 27.1. The van der Waals surface area contributed by atoms with Crippen molar-refractivity contribution < 1.29 is 13.2 Å². The zero-order valence-corrected chi connectivity index (χ0v) is 16.5. The van der Waals surface area contributed by atoms with E-state index >= 15 is 0 Å². The molecule has 2 aliphatic rings. The van der Waals surface area contributed by atoms with Crippen LogP contribution in [0.2, 0.25) is 0 Å². The quantitative estimate of drug-likeness (QED) is 0.830. The van der Waals surface area contributed by atoms with Crippen molar-refractivity contribution in [2.75, 3.05) is 38.0 Å². The summed E-state index contributed by atoms with van der Waals surface area (Å²) in [4.78, 5) is 14.9. The maximum absolute atomic E-state index is 12.8. The molecule has 1 aromatic carbocycles. The molecule has 0 bridgehead atoms. The van der Waals surface area contributed by atoms with Crippen molar-refractivity contribution in [1.29, 1.82) is 5.26 Å². The number of likely N-dealkylation sites (N-methyl/N-ethyl adjacent to an activating group) is 1. The predicted molar refractivity (Wildman–Crippen MR) is 102 cm³/mol. The second-order valence-corrected chi connectivity index (χ2v) is 9.16. The monoisotopic (exact) mass is 390 g/mol. The third-order valence-electron chi connectivity index (χ3n) is 5.63. The molecule has 1 aromatic rings. The van der Waals surface area contributed by atoms with Gasteiger partial charge in [-0.05, 0) is 43.7 Å². The highest BCUT2D eigenvalue weighted by Crippen LogP contribution is 2.38. The first-order valence-electron chi connectivity index (χ1n) is 9.46. The Kier molecular flexibility index (Phi) is 5.84. The number of rotatable bonds is 5. The summed E-state index contributed by atoms with van der Waals surface area (Å²) in [6.45, 7) is 5.44. The topological polar surface area (TPSA) is 93.5 Å². The Bertz CT molecular complexity index is 816. The van der Waals surface area contributed by atoms with Crippen LogP contribution in [0.4, 0.5) is 5.69 Å². The smallest absolute Gasteiger partial charge is 0.244 e. The third kappa shape index (κ3) is 4.00. The number of hydrogen-bond donors (Lipinski definition) is 1. The third-order valence-corrected chi connectivity index (χ3v) is 7.55. The number of sulfonamides is 1. The van der Waals surface area contributed by atoms with Gasteiger partial charge in [0, 0.05) is 31.9 Å². The van der Waals surface area contributed by atoms with Gasteiger partial charge in [-0.3, -0.25) is 4.79 Å². The zero-order valence-electron chi connectivity index (χ0n) is 15.6. The highest BCUT2D eigenvalue weighted by molar-refractivity contribution is 7.89. The van der Waals surface area contributed by atoms with Crippen molar-refractivity contribution in [2.45, 2.75) is 37.5 Å². The summed E-state index contributed by atoms with van der Waals surface area (Å²) in [6.07, 6.45) is 2.91. The molecule has 8 heteroatoms. The average molecular weight is 391 g/mol. The maximum Gasteiger partial charge on any atom is 0.244 e. The van der Waals surface area contributed by atoms with Crippen molar-refractivity contribution in [3.05, 3.63) is 24.3 Å². The molecule has 1 aliphatic heterocycles. The predicted octanol–water partition coefficient (Wildman–Crippen LogP) is 2.04. The summed E-state index contributed by atoms with van der Waals surface area (Å²) >= 11 is 0. The zero-order chi connectivity index (χ0) is 19.5. The number of piperazine rings is 1. The van der Waals surface area contributed by atoms with Crippen molar-refractivity contribution in [2.24, 2.45) is 5.41 Å². The van der Waals surface area contributed by atoms with Crippen LogP contribution >= 0.6 is 0 Å². The maximum atomic E-state index is 12.8. The molecule has 7 nitrogen and oxygen atoms in total. The van der Waals surface area contributed by atoms with Crippen LogP contribution in [0.25, 0.3) is 0 Å². The fraction of sp³-hybridized carbons (Fsp3) is 0.579. The fourth-order valence-electron chi connectivity index (χ4n) is 3.76. The van der Waals surface area contributed by atoms with Crippen LogP contribution < -0.4 is 5.32 Å². The van der Waals surface area contributed by atoms with Crippen LogP contribution in [0.1, 0.15) is 32.6 Å². The molecule has 0 unspecified atom stereocenters.